The second-order valence-corrected chi connectivity index (χ2v) is 6.44. The minimum Gasteiger partial charge on any atom is -0.481 e. The van der Waals surface area contributed by atoms with Crippen LogP contribution in [0, 0.1) is 17.1 Å². The highest BCUT2D eigenvalue weighted by Gasteiger charge is 2.38. The summed E-state index contributed by atoms with van der Waals surface area (Å²) in [5.74, 6) is -0.817. The van der Waals surface area contributed by atoms with Crippen LogP contribution < -0.4 is 4.74 Å². The summed E-state index contributed by atoms with van der Waals surface area (Å²) in [5.41, 5.74) is -0.753. The highest BCUT2D eigenvalue weighted by atomic mass is 79.9. The number of benzene rings is 1. The van der Waals surface area contributed by atoms with Gasteiger partial charge in [0, 0.05) is 11.5 Å². The average molecular weight is 369 g/mol. The van der Waals surface area contributed by atoms with Crippen LogP contribution in [-0.2, 0) is 4.79 Å². The van der Waals surface area contributed by atoms with E-state index in [0.717, 1.165) is 19.3 Å². The monoisotopic (exact) mass is 368 g/mol. The average Bonchev–Trinajstić information content (AvgIpc) is 2.53. The van der Waals surface area contributed by atoms with Gasteiger partial charge in [-0.1, -0.05) is 35.2 Å². The molecule has 1 fully saturated rings. The van der Waals surface area contributed by atoms with Crippen molar-refractivity contribution in [2.45, 2.75) is 37.6 Å². The topological polar surface area (TPSA) is 53.3 Å². The molecule has 22 heavy (non-hydrogen) atoms. The summed E-state index contributed by atoms with van der Waals surface area (Å²) < 4.78 is 19.5. The third kappa shape index (κ3) is 3.58. The fourth-order valence-electron chi connectivity index (χ4n) is 2.73. The number of hydrogen-bond acceptors (Lipinski definition) is 3. The second-order valence-electron chi connectivity index (χ2n) is 5.52. The van der Waals surface area contributed by atoms with Gasteiger partial charge in [0.15, 0.2) is 18.2 Å². The highest BCUT2D eigenvalue weighted by Crippen LogP contribution is 2.32. The van der Waals surface area contributed by atoms with Crippen molar-refractivity contribution in [2.24, 2.45) is 0 Å². The van der Waals surface area contributed by atoms with Crippen LogP contribution in [0.2, 0.25) is 0 Å². The number of carbonyl (C=O) groups excluding carboxylic acids is 1. The first-order valence-electron chi connectivity index (χ1n) is 7.24. The van der Waals surface area contributed by atoms with Gasteiger partial charge in [-0.05, 0) is 31.0 Å². The smallest absolute Gasteiger partial charge is 0.261 e. The maximum absolute atomic E-state index is 13.7. The Labute approximate surface area is 138 Å². The molecular formula is C16H18BrFN2O2. The molecule has 1 aliphatic carbocycles. The van der Waals surface area contributed by atoms with Gasteiger partial charge in [-0.15, -0.1) is 0 Å². The molecule has 4 nitrogen and oxygen atoms in total. The summed E-state index contributed by atoms with van der Waals surface area (Å²) in [5, 5.41) is 9.47. The van der Waals surface area contributed by atoms with E-state index < -0.39 is 11.4 Å². The van der Waals surface area contributed by atoms with Crippen molar-refractivity contribution in [3.8, 4) is 11.8 Å². The normalized spacial score (nSPS) is 16.6. The van der Waals surface area contributed by atoms with Crippen LogP contribution in [0.1, 0.15) is 32.1 Å². The first-order chi connectivity index (χ1) is 10.5. The molecule has 1 aromatic rings. The molecule has 0 bridgehead atoms. The first kappa shape index (κ1) is 16.8. The summed E-state index contributed by atoms with van der Waals surface area (Å²) in [6.45, 7) is -0.279. The predicted octanol–water partition coefficient (Wildman–Crippen LogP) is 3.65. The Morgan fingerprint density at radius 3 is 2.73 bits per heavy atom. The lowest BCUT2D eigenvalue weighted by Crippen LogP contribution is -2.51. The fraction of sp³-hybridized carbons (Fsp3) is 0.500. The maximum atomic E-state index is 13.7. The first-order valence-corrected chi connectivity index (χ1v) is 8.03. The lowest BCUT2D eigenvalue weighted by Gasteiger charge is -2.38. The summed E-state index contributed by atoms with van der Waals surface area (Å²) in [6.07, 6.45) is 4.32. The van der Waals surface area contributed by atoms with Gasteiger partial charge in [-0.25, -0.2) is 4.39 Å². The van der Waals surface area contributed by atoms with Crippen molar-refractivity contribution in [1.29, 1.82) is 5.26 Å². The number of ether oxygens (including phenoxy) is 1. The summed E-state index contributed by atoms with van der Waals surface area (Å²) in [6, 6.07) is 6.67. The lowest BCUT2D eigenvalue weighted by atomic mass is 9.81. The van der Waals surface area contributed by atoms with E-state index in [2.05, 4.69) is 22.0 Å². The molecule has 1 amide bonds. The summed E-state index contributed by atoms with van der Waals surface area (Å²) in [7, 11) is 1.62. The Hall–Kier alpha value is -1.61. The van der Waals surface area contributed by atoms with Crippen molar-refractivity contribution >= 4 is 21.8 Å². The van der Waals surface area contributed by atoms with Gasteiger partial charge < -0.3 is 9.64 Å². The molecule has 0 N–H and O–H groups in total. The Kier molecular flexibility index (Phi) is 5.41. The van der Waals surface area contributed by atoms with Crippen molar-refractivity contribution in [1.82, 2.24) is 4.90 Å². The Morgan fingerprint density at radius 2 is 2.14 bits per heavy atom. The van der Waals surface area contributed by atoms with E-state index in [1.54, 1.807) is 13.1 Å². The van der Waals surface area contributed by atoms with Crippen LogP contribution >= 0.6 is 15.9 Å². The number of nitrogens with zero attached hydrogens (tertiary/aromatic N) is 2. The number of amides is 1. The van der Waals surface area contributed by atoms with E-state index >= 15 is 0 Å². The molecule has 2 rings (SSSR count). The molecule has 0 unspecified atom stereocenters. The zero-order chi connectivity index (χ0) is 16.2. The van der Waals surface area contributed by atoms with Gasteiger partial charge in [-0.2, -0.15) is 5.26 Å². The zero-order valence-electron chi connectivity index (χ0n) is 12.4. The third-order valence-corrected chi connectivity index (χ3v) is 4.64. The van der Waals surface area contributed by atoms with Gasteiger partial charge in [0.05, 0.1) is 6.07 Å². The Bertz CT molecular complexity index is 594. The number of hydrogen-bond donors (Lipinski definition) is 0. The van der Waals surface area contributed by atoms with Crippen LogP contribution in [0.5, 0.6) is 5.75 Å². The minimum absolute atomic E-state index is 0.0274. The van der Waals surface area contributed by atoms with Gasteiger partial charge in [-0.3, -0.25) is 4.79 Å². The number of likely N-dealkylation sites (N-methyl/N-ethyl adjacent to an activating group) is 1. The molecule has 1 aliphatic rings. The summed E-state index contributed by atoms with van der Waals surface area (Å²) >= 11 is 3.16. The largest absolute Gasteiger partial charge is 0.481 e. The van der Waals surface area contributed by atoms with E-state index in [1.165, 1.54) is 17.0 Å². The molecule has 0 spiro atoms. The molecule has 1 aromatic carbocycles. The maximum Gasteiger partial charge on any atom is 0.261 e. The van der Waals surface area contributed by atoms with Crippen molar-refractivity contribution < 1.29 is 13.9 Å². The number of carbonyl (C=O) groups is 1. The SMILES string of the molecule is CN(C(=O)COc1ccc(Br)cc1F)C1(C#N)CCCCC1. The number of halogens is 2. The molecule has 6 heteroatoms. The zero-order valence-corrected chi connectivity index (χ0v) is 14.0. The molecule has 0 saturated heterocycles. The van der Waals surface area contributed by atoms with Crippen molar-refractivity contribution in [2.75, 3.05) is 13.7 Å². The standard InChI is InChI=1S/C16H18BrFN2O2/c1-20(16(11-19)7-3-2-4-8-16)15(21)10-22-14-6-5-12(17)9-13(14)18/h5-6,9H,2-4,7-8,10H2,1H3. The minimum atomic E-state index is -0.753. The van der Waals surface area contributed by atoms with E-state index in [9.17, 15) is 14.4 Å². The quantitative estimate of drug-likeness (QED) is 0.814. The van der Waals surface area contributed by atoms with Gasteiger partial charge in [0.25, 0.3) is 5.91 Å². The Balaban J connectivity index is 2.00. The van der Waals surface area contributed by atoms with Crippen LogP contribution in [0.15, 0.2) is 22.7 Å². The van der Waals surface area contributed by atoms with Crippen molar-refractivity contribution in [3.63, 3.8) is 0 Å². The molecule has 118 valence electrons. The van der Waals surface area contributed by atoms with Gasteiger partial charge in [0.2, 0.25) is 0 Å². The number of nitriles is 1. The van der Waals surface area contributed by atoms with Crippen molar-refractivity contribution in [3.05, 3.63) is 28.5 Å². The van der Waals surface area contributed by atoms with Crippen LogP contribution in [0.3, 0.4) is 0 Å². The van der Waals surface area contributed by atoms with Gasteiger partial charge >= 0.3 is 0 Å². The molecule has 0 heterocycles. The van der Waals surface area contributed by atoms with E-state index in [4.69, 9.17) is 4.74 Å². The van der Waals surface area contributed by atoms with Crippen LogP contribution in [-0.4, -0.2) is 30.0 Å². The molecular weight excluding hydrogens is 351 g/mol. The van der Waals surface area contributed by atoms with Crippen LogP contribution in [0.25, 0.3) is 0 Å². The van der Waals surface area contributed by atoms with Crippen LogP contribution in [0.4, 0.5) is 4.39 Å². The molecule has 1 saturated carbocycles. The molecule has 0 aromatic heterocycles. The molecule has 0 atom stereocenters. The predicted molar refractivity (Wildman–Crippen MR) is 83.8 cm³/mol. The fourth-order valence-corrected chi connectivity index (χ4v) is 3.06. The number of rotatable bonds is 4. The van der Waals surface area contributed by atoms with E-state index in [1.807, 2.05) is 0 Å². The highest BCUT2D eigenvalue weighted by molar-refractivity contribution is 9.10. The van der Waals surface area contributed by atoms with E-state index in [-0.39, 0.29) is 18.3 Å². The third-order valence-electron chi connectivity index (χ3n) is 4.15. The molecule has 0 aliphatic heterocycles. The lowest BCUT2D eigenvalue weighted by molar-refractivity contribution is -0.137. The second kappa shape index (κ2) is 7.10. The van der Waals surface area contributed by atoms with Gasteiger partial charge in [0.1, 0.15) is 5.54 Å². The van der Waals surface area contributed by atoms with E-state index in [0.29, 0.717) is 17.3 Å². The molecule has 0 radical (unpaired) electrons. The Morgan fingerprint density at radius 1 is 1.45 bits per heavy atom. The summed E-state index contributed by atoms with van der Waals surface area (Å²) in [4.78, 5) is 13.7.